The molecule has 0 radical (unpaired) electrons. The van der Waals surface area contributed by atoms with Crippen LogP contribution < -0.4 is 0 Å². The van der Waals surface area contributed by atoms with E-state index < -0.39 is 0 Å². The number of allylic oxidation sites excluding steroid dienone is 3. The van der Waals surface area contributed by atoms with Crippen molar-refractivity contribution in [2.45, 2.75) is 57.1 Å². The van der Waals surface area contributed by atoms with Crippen molar-refractivity contribution < 1.29 is 0 Å². The second kappa shape index (κ2) is 6.16. The van der Waals surface area contributed by atoms with Crippen molar-refractivity contribution in [2.75, 3.05) is 14.1 Å². The van der Waals surface area contributed by atoms with E-state index in [1.165, 1.54) is 38.5 Å². The molecule has 2 aliphatic rings. The molecule has 0 aromatic heterocycles. The summed E-state index contributed by atoms with van der Waals surface area (Å²) < 4.78 is 0. The number of hydrogen-bond acceptors (Lipinski definition) is 1. The van der Waals surface area contributed by atoms with Crippen LogP contribution in [0.25, 0.3) is 0 Å². The van der Waals surface area contributed by atoms with Crippen molar-refractivity contribution in [3.8, 4) is 0 Å². The van der Waals surface area contributed by atoms with E-state index in [0.717, 1.165) is 14.2 Å². The lowest BCUT2D eigenvalue weighted by molar-refractivity contribution is 0.348. The molecule has 0 N–H and O–H groups in total. The maximum Gasteiger partial charge on any atom is 0.0285 e. The van der Waals surface area contributed by atoms with Crippen LogP contribution in [0.3, 0.4) is 0 Å². The van der Waals surface area contributed by atoms with Crippen molar-refractivity contribution in [2.24, 2.45) is 0 Å². The van der Waals surface area contributed by atoms with Crippen LogP contribution in [0.15, 0.2) is 23.0 Å². The molecule has 2 heteroatoms. The molecule has 17 heavy (non-hydrogen) atoms. The van der Waals surface area contributed by atoms with Crippen LogP contribution in [0, 0.1) is 0 Å². The smallest absolute Gasteiger partial charge is 0.0285 e. The highest BCUT2D eigenvalue weighted by molar-refractivity contribution is 7.44. The van der Waals surface area contributed by atoms with Gasteiger partial charge in [0, 0.05) is 6.04 Å². The molecule has 0 bridgehead atoms. The fourth-order valence-electron chi connectivity index (χ4n) is 2.84. The standard InChI is InChI=1S/C15H26NP/c1-12(16(2)3)14-10-7-11-15(14)17-13-8-5-4-6-9-13/h7,11-13,17H,4-6,8-10H2,1-3H3/t12-/m1/s1. The SMILES string of the molecule is C[C@H](C1=C(PC2CCCCC2)C=CC1)N(C)C. The van der Waals surface area contributed by atoms with E-state index in [1.807, 2.05) is 0 Å². The molecule has 1 saturated carbocycles. The van der Waals surface area contributed by atoms with Gasteiger partial charge in [0.05, 0.1) is 0 Å². The zero-order chi connectivity index (χ0) is 12.3. The number of nitrogens with zero attached hydrogens (tertiary/aromatic N) is 1. The second-order valence-electron chi connectivity index (χ2n) is 5.66. The third-order valence-corrected chi connectivity index (χ3v) is 6.00. The maximum atomic E-state index is 2.41. The Labute approximate surface area is 108 Å². The lowest BCUT2D eigenvalue weighted by Gasteiger charge is -2.26. The van der Waals surface area contributed by atoms with Crippen LogP contribution in [0.2, 0.25) is 0 Å². The first kappa shape index (κ1) is 13.3. The van der Waals surface area contributed by atoms with Crippen molar-refractivity contribution >= 4 is 8.58 Å². The van der Waals surface area contributed by atoms with Gasteiger partial charge in [-0.25, -0.2) is 0 Å². The molecule has 2 aliphatic carbocycles. The normalized spacial score (nSPS) is 24.5. The van der Waals surface area contributed by atoms with Crippen molar-refractivity contribution in [3.05, 3.63) is 23.0 Å². The van der Waals surface area contributed by atoms with Gasteiger partial charge in [-0.1, -0.05) is 40.0 Å². The third kappa shape index (κ3) is 3.42. The van der Waals surface area contributed by atoms with E-state index in [-0.39, 0.29) is 0 Å². The lowest BCUT2D eigenvalue weighted by atomic mass is 10.0. The van der Waals surface area contributed by atoms with Gasteiger partial charge in [0.1, 0.15) is 0 Å². The highest BCUT2D eigenvalue weighted by atomic mass is 31.1. The molecule has 1 fully saturated rings. The van der Waals surface area contributed by atoms with Crippen molar-refractivity contribution in [3.63, 3.8) is 0 Å². The van der Waals surface area contributed by atoms with Crippen LogP contribution in [0.5, 0.6) is 0 Å². The largest absolute Gasteiger partial charge is 0.303 e. The fourth-order valence-corrected chi connectivity index (χ4v) is 4.68. The van der Waals surface area contributed by atoms with E-state index in [1.54, 1.807) is 10.9 Å². The quantitative estimate of drug-likeness (QED) is 0.678. The molecule has 0 aromatic rings. The van der Waals surface area contributed by atoms with Crippen LogP contribution in [-0.2, 0) is 0 Å². The van der Waals surface area contributed by atoms with Gasteiger partial charge in [-0.15, -0.1) is 0 Å². The summed E-state index contributed by atoms with van der Waals surface area (Å²) in [6, 6.07) is 0.607. The Kier molecular flexibility index (Phi) is 4.82. The van der Waals surface area contributed by atoms with E-state index in [4.69, 9.17) is 0 Å². The summed E-state index contributed by atoms with van der Waals surface area (Å²) in [6.07, 6.45) is 13.3. The summed E-state index contributed by atoms with van der Waals surface area (Å²) in [5.41, 5.74) is 2.67. The molecule has 2 atom stereocenters. The molecule has 0 spiro atoms. The van der Waals surface area contributed by atoms with Gasteiger partial charge in [-0.3, -0.25) is 0 Å². The van der Waals surface area contributed by atoms with Crippen LogP contribution in [-0.4, -0.2) is 30.7 Å². The molecular formula is C15H26NP. The van der Waals surface area contributed by atoms with E-state index >= 15 is 0 Å². The van der Waals surface area contributed by atoms with Gasteiger partial charge in [-0.05, 0) is 56.8 Å². The molecule has 1 nitrogen and oxygen atoms in total. The minimum Gasteiger partial charge on any atom is -0.303 e. The van der Waals surface area contributed by atoms with E-state index in [0.29, 0.717) is 6.04 Å². The van der Waals surface area contributed by atoms with Gasteiger partial charge in [0.15, 0.2) is 0 Å². The predicted octanol–water partition coefficient (Wildman–Crippen LogP) is 4.16. The second-order valence-corrected chi connectivity index (χ2v) is 7.31. The summed E-state index contributed by atoms with van der Waals surface area (Å²) in [7, 11) is 5.45. The number of likely N-dealkylation sites (N-methyl/N-ethyl adjacent to an activating group) is 1. The zero-order valence-corrected chi connectivity index (χ0v) is 12.5. The minimum absolute atomic E-state index is 0.607. The molecule has 96 valence electrons. The lowest BCUT2D eigenvalue weighted by Crippen LogP contribution is -2.26. The third-order valence-electron chi connectivity index (χ3n) is 4.21. The first-order valence-electron chi connectivity index (χ1n) is 7.01. The topological polar surface area (TPSA) is 3.24 Å². The Morgan fingerprint density at radius 3 is 2.59 bits per heavy atom. The molecule has 0 heterocycles. The highest BCUT2D eigenvalue weighted by Gasteiger charge is 2.21. The van der Waals surface area contributed by atoms with Crippen molar-refractivity contribution in [1.29, 1.82) is 0 Å². The molecule has 0 aliphatic heterocycles. The minimum atomic E-state index is 0.607. The Balaban J connectivity index is 2.00. The number of hydrogen-bond donors (Lipinski definition) is 0. The van der Waals surface area contributed by atoms with Gasteiger partial charge < -0.3 is 4.90 Å². The summed E-state index contributed by atoms with van der Waals surface area (Å²) in [5, 5.41) is 1.68. The first-order chi connectivity index (χ1) is 8.18. The molecule has 0 amide bonds. The van der Waals surface area contributed by atoms with Crippen LogP contribution in [0.1, 0.15) is 45.4 Å². The molecule has 2 rings (SSSR count). The highest BCUT2D eigenvalue weighted by Crippen LogP contribution is 2.43. The first-order valence-corrected chi connectivity index (χ1v) is 8.08. The Morgan fingerprint density at radius 2 is 1.94 bits per heavy atom. The Morgan fingerprint density at radius 1 is 1.24 bits per heavy atom. The molecule has 1 unspecified atom stereocenters. The fraction of sp³-hybridized carbons (Fsp3) is 0.733. The van der Waals surface area contributed by atoms with Crippen molar-refractivity contribution in [1.82, 2.24) is 4.90 Å². The Bertz CT molecular complexity index is 311. The summed E-state index contributed by atoms with van der Waals surface area (Å²) in [6.45, 7) is 2.34. The molecule has 0 saturated heterocycles. The molecule has 0 aromatic carbocycles. The average molecular weight is 251 g/mol. The summed E-state index contributed by atoms with van der Waals surface area (Å²) in [5.74, 6) is 0. The summed E-state index contributed by atoms with van der Waals surface area (Å²) >= 11 is 0. The zero-order valence-electron chi connectivity index (χ0n) is 11.5. The Hall–Kier alpha value is -0.130. The van der Waals surface area contributed by atoms with E-state index in [2.05, 4.69) is 38.1 Å². The predicted molar refractivity (Wildman–Crippen MR) is 79.1 cm³/mol. The van der Waals surface area contributed by atoms with E-state index in [9.17, 15) is 0 Å². The maximum absolute atomic E-state index is 2.41. The average Bonchev–Trinajstić information content (AvgIpc) is 2.77. The monoisotopic (exact) mass is 251 g/mol. The van der Waals surface area contributed by atoms with Crippen LogP contribution >= 0.6 is 8.58 Å². The number of rotatable bonds is 4. The summed E-state index contributed by atoms with van der Waals surface area (Å²) in [4.78, 5) is 2.34. The van der Waals surface area contributed by atoms with Gasteiger partial charge in [0.2, 0.25) is 0 Å². The van der Waals surface area contributed by atoms with Crippen LogP contribution in [0.4, 0.5) is 0 Å². The molecular weight excluding hydrogens is 225 g/mol. The van der Waals surface area contributed by atoms with Gasteiger partial charge >= 0.3 is 0 Å². The van der Waals surface area contributed by atoms with Gasteiger partial charge in [-0.2, -0.15) is 0 Å². The van der Waals surface area contributed by atoms with Gasteiger partial charge in [0.25, 0.3) is 0 Å².